The number of halogens is 1. The minimum absolute atomic E-state index is 0.797. The number of hydrogen-bond donors (Lipinski definition) is 1. The molecule has 0 saturated carbocycles. The number of benzene rings is 1. The second-order valence-electron chi connectivity index (χ2n) is 3.79. The fourth-order valence-corrected chi connectivity index (χ4v) is 2.45. The van der Waals surface area contributed by atoms with E-state index in [0.717, 1.165) is 32.5 Å². The zero-order valence-corrected chi connectivity index (χ0v) is 11.2. The summed E-state index contributed by atoms with van der Waals surface area (Å²) >= 11 is 3.46. The van der Waals surface area contributed by atoms with Crippen molar-refractivity contribution in [2.75, 3.05) is 7.11 Å². The Hall–Kier alpha value is -1.88. The van der Waals surface area contributed by atoms with Crippen LogP contribution in [-0.2, 0) is 0 Å². The summed E-state index contributed by atoms with van der Waals surface area (Å²) < 4.78 is 6.20. The molecule has 0 atom stereocenters. The lowest BCUT2D eigenvalue weighted by molar-refractivity contribution is 0.416. The van der Waals surface area contributed by atoms with Crippen molar-refractivity contribution in [1.29, 1.82) is 0 Å². The van der Waals surface area contributed by atoms with Crippen LogP contribution in [0, 0.1) is 0 Å². The van der Waals surface area contributed by atoms with Crippen LogP contribution in [-0.4, -0.2) is 22.3 Å². The molecule has 0 fully saturated rings. The largest absolute Gasteiger partial charge is 0.496 e. The number of pyridine rings is 1. The monoisotopic (exact) mass is 303 g/mol. The first-order valence-electron chi connectivity index (χ1n) is 5.43. The number of nitrogens with zero attached hydrogens (tertiary/aromatic N) is 2. The van der Waals surface area contributed by atoms with Gasteiger partial charge in [0.05, 0.1) is 23.7 Å². The molecule has 1 N–H and O–H groups in total. The predicted octanol–water partition coefficient (Wildman–Crippen LogP) is 3.40. The van der Waals surface area contributed by atoms with Crippen molar-refractivity contribution in [2.45, 2.75) is 0 Å². The van der Waals surface area contributed by atoms with E-state index in [4.69, 9.17) is 4.74 Å². The van der Waals surface area contributed by atoms with Crippen LogP contribution < -0.4 is 4.74 Å². The second kappa shape index (κ2) is 4.42. The van der Waals surface area contributed by atoms with Gasteiger partial charge >= 0.3 is 0 Å². The Morgan fingerprint density at radius 3 is 2.89 bits per heavy atom. The summed E-state index contributed by atoms with van der Waals surface area (Å²) in [5, 5.41) is 8.08. The molecule has 2 heterocycles. The summed E-state index contributed by atoms with van der Waals surface area (Å²) in [6.45, 7) is 0. The van der Waals surface area contributed by atoms with Gasteiger partial charge in [0.1, 0.15) is 10.4 Å². The molecule has 0 spiro atoms. The van der Waals surface area contributed by atoms with Gasteiger partial charge in [-0.15, -0.1) is 0 Å². The van der Waals surface area contributed by atoms with Crippen molar-refractivity contribution >= 4 is 26.8 Å². The van der Waals surface area contributed by atoms with Crippen LogP contribution in [0.4, 0.5) is 0 Å². The van der Waals surface area contributed by atoms with Crippen LogP contribution in [0.25, 0.3) is 22.2 Å². The highest BCUT2D eigenvalue weighted by molar-refractivity contribution is 9.10. The van der Waals surface area contributed by atoms with E-state index < -0.39 is 0 Å². The topological polar surface area (TPSA) is 50.8 Å². The molecular formula is C13H10BrN3O. The number of rotatable bonds is 2. The Labute approximate surface area is 112 Å². The van der Waals surface area contributed by atoms with Crippen molar-refractivity contribution in [2.24, 2.45) is 0 Å². The van der Waals surface area contributed by atoms with Gasteiger partial charge in [-0.25, -0.2) is 0 Å². The van der Waals surface area contributed by atoms with Crippen LogP contribution in [0.1, 0.15) is 0 Å². The number of nitrogens with one attached hydrogen (secondary N) is 1. The van der Waals surface area contributed by atoms with E-state index >= 15 is 0 Å². The highest BCUT2D eigenvalue weighted by Crippen LogP contribution is 2.35. The zero-order valence-electron chi connectivity index (χ0n) is 9.64. The van der Waals surface area contributed by atoms with Gasteiger partial charge in [0, 0.05) is 11.8 Å². The maximum atomic E-state index is 5.38. The minimum Gasteiger partial charge on any atom is -0.496 e. The van der Waals surface area contributed by atoms with E-state index in [9.17, 15) is 0 Å². The average Bonchev–Trinajstić information content (AvgIpc) is 2.81. The normalized spacial score (nSPS) is 10.8. The maximum Gasteiger partial charge on any atom is 0.128 e. The number of aromatic amines is 1. The molecule has 0 aliphatic carbocycles. The fourth-order valence-electron chi connectivity index (χ4n) is 1.97. The van der Waals surface area contributed by atoms with Crippen molar-refractivity contribution in [1.82, 2.24) is 15.2 Å². The van der Waals surface area contributed by atoms with Crippen LogP contribution in [0.3, 0.4) is 0 Å². The standard InChI is InChI=1S/C13H10BrN3O/c1-18-10-5-3-2-4-8(10)12-11-9(6-7-15-12)16-17-13(11)14/h2-7H,1H3,(H,16,17). The number of hydrogen-bond acceptors (Lipinski definition) is 3. The smallest absolute Gasteiger partial charge is 0.128 e. The Bertz CT molecular complexity index is 708. The molecule has 3 aromatic rings. The molecule has 0 amide bonds. The number of para-hydroxylation sites is 1. The molecule has 5 heteroatoms. The van der Waals surface area contributed by atoms with E-state index in [1.54, 1.807) is 13.3 Å². The quantitative estimate of drug-likeness (QED) is 0.789. The van der Waals surface area contributed by atoms with Crippen LogP contribution in [0.15, 0.2) is 41.1 Å². The molecule has 0 saturated heterocycles. The minimum atomic E-state index is 0.797. The Balaban J connectivity index is 2.34. The average molecular weight is 304 g/mol. The van der Waals surface area contributed by atoms with Crippen molar-refractivity contribution in [3.8, 4) is 17.0 Å². The highest BCUT2D eigenvalue weighted by atomic mass is 79.9. The molecule has 18 heavy (non-hydrogen) atoms. The van der Waals surface area contributed by atoms with E-state index in [1.807, 2.05) is 30.3 Å². The van der Waals surface area contributed by atoms with Gasteiger partial charge in [-0.3, -0.25) is 10.1 Å². The Morgan fingerprint density at radius 2 is 2.06 bits per heavy atom. The molecule has 4 nitrogen and oxygen atoms in total. The zero-order chi connectivity index (χ0) is 12.5. The molecule has 0 unspecified atom stereocenters. The molecule has 0 aliphatic heterocycles. The lowest BCUT2D eigenvalue weighted by Gasteiger charge is -2.08. The Morgan fingerprint density at radius 1 is 1.22 bits per heavy atom. The molecule has 0 bridgehead atoms. The van der Waals surface area contributed by atoms with Crippen molar-refractivity contribution in [3.63, 3.8) is 0 Å². The van der Waals surface area contributed by atoms with Crippen LogP contribution >= 0.6 is 15.9 Å². The van der Waals surface area contributed by atoms with Gasteiger partial charge in [-0.1, -0.05) is 12.1 Å². The van der Waals surface area contributed by atoms with Gasteiger partial charge in [-0.2, -0.15) is 5.10 Å². The number of aromatic nitrogens is 3. The van der Waals surface area contributed by atoms with Gasteiger partial charge in [0.25, 0.3) is 0 Å². The van der Waals surface area contributed by atoms with Gasteiger partial charge in [0.2, 0.25) is 0 Å². The first kappa shape index (κ1) is 11.2. The summed E-state index contributed by atoms with van der Waals surface area (Å²) in [6.07, 6.45) is 1.75. The predicted molar refractivity (Wildman–Crippen MR) is 73.6 cm³/mol. The van der Waals surface area contributed by atoms with Gasteiger partial charge < -0.3 is 4.74 Å². The van der Waals surface area contributed by atoms with Crippen LogP contribution in [0.2, 0.25) is 0 Å². The van der Waals surface area contributed by atoms with Crippen LogP contribution in [0.5, 0.6) is 5.75 Å². The molecular weight excluding hydrogens is 294 g/mol. The lowest BCUT2D eigenvalue weighted by Crippen LogP contribution is -1.90. The number of fused-ring (bicyclic) bond motifs is 1. The first-order chi connectivity index (χ1) is 8.81. The molecule has 3 rings (SSSR count). The number of ether oxygens (including phenoxy) is 1. The third-order valence-corrected chi connectivity index (χ3v) is 3.36. The third kappa shape index (κ3) is 1.67. The van der Waals surface area contributed by atoms with Gasteiger partial charge in [-0.05, 0) is 34.1 Å². The second-order valence-corrected chi connectivity index (χ2v) is 4.58. The molecule has 1 aromatic carbocycles. The summed E-state index contributed by atoms with van der Waals surface area (Å²) in [7, 11) is 1.66. The van der Waals surface area contributed by atoms with E-state index in [0.29, 0.717) is 0 Å². The lowest BCUT2D eigenvalue weighted by atomic mass is 10.1. The number of methoxy groups -OCH3 is 1. The molecule has 0 aliphatic rings. The first-order valence-corrected chi connectivity index (χ1v) is 6.22. The fraction of sp³-hybridized carbons (Fsp3) is 0.0769. The molecule has 0 radical (unpaired) electrons. The van der Waals surface area contributed by atoms with E-state index in [2.05, 4.69) is 31.1 Å². The highest BCUT2D eigenvalue weighted by Gasteiger charge is 2.14. The summed E-state index contributed by atoms with van der Waals surface area (Å²) in [5.41, 5.74) is 2.68. The summed E-state index contributed by atoms with van der Waals surface area (Å²) in [4.78, 5) is 4.45. The number of H-pyrrole nitrogens is 1. The van der Waals surface area contributed by atoms with Crippen molar-refractivity contribution in [3.05, 3.63) is 41.1 Å². The molecule has 90 valence electrons. The summed E-state index contributed by atoms with van der Waals surface area (Å²) in [5.74, 6) is 0.797. The molecule has 2 aromatic heterocycles. The Kier molecular flexibility index (Phi) is 2.76. The third-order valence-electron chi connectivity index (χ3n) is 2.79. The van der Waals surface area contributed by atoms with E-state index in [-0.39, 0.29) is 0 Å². The SMILES string of the molecule is COc1ccccc1-c1nccc2n[nH]c(Br)c12. The van der Waals surface area contributed by atoms with Gasteiger partial charge in [0.15, 0.2) is 0 Å². The van der Waals surface area contributed by atoms with E-state index in [1.165, 1.54) is 0 Å². The maximum absolute atomic E-state index is 5.38. The van der Waals surface area contributed by atoms with Crippen molar-refractivity contribution < 1.29 is 4.74 Å². The summed E-state index contributed by atoms with van der Waals surface area (Å²) in [6, 6.07) is 9.68.